The van der Waals surface area contributed by atoms with Crippen molar-refractivity contribution in [3.05, 3.63) is 0 Å². The van der Waals surface area contributed by atoms with E-state index in [2.05, 4.69) is 24.1 Å². The van der Waals surface area contributed by atoms with E-state index < -0.39 is 0 Å². The highest BCUT2D eigenvalue weighted by molar-refractivity contribution is 5.83. The molecule has 2 atom stereocenters. The maximum atomic E-state index is 12.1. The van der Waals surface area contributed by atoms with Crippen molar-refractivity contribution in [1.29, 1.82) is 0 Å². The highest BCUT2D eigenvalue weighted by Crippen LogP contribution is 2.19. The number of nitrogens with zero attached hydrogens (tertiary/aromatic N) is 2. The SMILES string of the molecule is CCCC1NCN(CC2CCCN2CC)C1=O. The molecule has 1 N–H and O–H groups in total. The van der Waals surface area contributed by atoms with Gasteiger partial charge in [-0.05, 0) is 32.4 Å². The molecular weight excluding hydrogens is 214 g/mol. The van der Waals surface area contributed by atoms with Gasteiger partial charge in [-0.1, -0.05) is 20.3 Å². The van der Waals surface area contributed by atoms with Gasteiger partial charge in [0, 0.05) is 12.6 Å². The minimum Gasteiger partial charge on any atom is -0.327 e. The maximum Gasteiger partial charge on any atom is 0.240 e. The van der Waals surface area contributed by atoms with Gasteiger partial charge in [0.15, 0.2) is 0 Å². The highest BCUT2D eigenvalue weighted by Gasteiger charge is 2.33. The van der Waals surface area contributed by atoms with Crippen molar-refractivity contribution in [3.8, 4) is 0 Å². The molecule has 2 saturated heterocycles. The summed E-state index contributed by atoms with van der Waals surface area (Å²) in [5.41, 5.74) is 0. The van der Waals surface area contributed by atoms with E-state index in [0.717, 1.165) is 32.6 Å². The van der Waals surface area contributed by atoms with Gasteiger partial charge in [-0.2, -0.15) is 0 Å². The van der Waals surface area contributed by atoms with Crippen molar-refractivity contribution >= 4 is 5.91 Å². The van der Waals surface area contributed by atoms with Gasteiger partial charge in [0.2, 0.25) is 5.91 Å². The fraction of sp³-hybridized carbons (Fsp3) is 0.923. The van der Waals surface area contributed by atoms with Gasteiger partial charge >= 0.3 is 0 Å². The standard InChI is InChI=1S/C13H25N3O/c1-3-6-12-13(17)16(10-14-12)9-11-7-5-8-15(11)4-2/h11-12,14H,3-10H2,1-2H3. The van der Waals surface area contributed by atoms with Gasteiger partial charge in [0.25, 0.3) is 0 Å². The number of hydrogen-bond donors (Lipinski definition) is 1. The third-order valence-corrected chi connectivity index (χ3v) is 4.05. The summed E-state index contributed by atoms with van der Waals surface area (Å²) < 4.78 is 0. The van der Waals surface area contributed by atoms with Crippen LogP contribution in [0.2, 0.25) is 0 Å². The molecule has 2 aliphatic rings. The Morgan fingerprint density at radius 3 is 2.94 bits per heavy atom. The van der Waals surface area contributed by atoms with Crippen molar-refractivity contribution in [2.24, 2.45) is 0 Å². The third kappa shape index (κ3) is 2.80. The highest BCUT2D eigenvalue weighted by atomic mass is 16.2. The molecule has 2 aliphatic heterocycles. The number of likely N-dealkylation sites (N-methyl/N-ethyl adjacent to an activating group) is 1. The summed E-state index contributed by atoms with van der Waals surface area (Å²) in [6.07, 6.45) is 4.57. The van der Waals surface area contributed by atoms with Crippen LogP contribution < -0.4 is 5.32 Å². The van der Waals surface area contributed by atoms with Crippen molar-refractivity contribution in [1.82, 2.24) is 15.1 Å². The number of carbonyl (C=O) groups excluding carboxylic acids is 1. The van der Waals surface area contributed by atoms with Crippen molar-refractivity contribution < 1.29 is 4.79 Å². The lowest BCUT2D eigenvalue weighted by molar-refractivity contribution is -0.129. The molecule has 2 rings (SSSR count). The summed E-state index contributed by atoms with van der Waals surface area (Å²) in [6.45, 7) is 8.32. The van der Waals surface area contributed by atoms with Crippen molar-refractivity contribution in [3.63, 3.8) is 0 Å². The first kappa shape index (κ1) is 12.8. The summed E-state index contributed by atoms with van der Waals surface area (Å²) in [7, 11) is 0. The lowest BCUT2D eigenvalue weighted by Gasteiger charge is -2.27. The van der Waals surface area contributed by atoms with E-state index in [4.69, 9.17) is 0 Å². The van der Waals surface area contributed by atoms with Gasteiger partial charge in [0.1, 0.15) is 0 Å². The molecule has 0 aliphatic carbocycles. The molecule has 17 heavy (non-hydrogen) atoms. The van der Waals surface area contributed by atoms with E-state index in [0.29, 0.717) is 11.9 Å². The summed E-state index contributed by atoms with van der Waals surface area (Å²) in [5, 5.41) is 3.32. The first-order valence-electron chi connectivity index (χ1n) is 7.02. The number of nitrogens with one attached hydrogen (secondary N) is 1. The predicted molar refractivity (Wildman–Crippen MR) is 68.7 cm³/mol. The van der Waals surface area contributed by atoms with Gasteiger partial charge < -0.3 is 4.90 Å². The molecule has 4 heteroatoms. The van der Waals surface area contributed by atoms with Crippen LogP contribution in [0.1, 0.15) is 39.5 Å². The Morgan fingerprint density at radius 1 is 1.41 bits per heavy atom. The van der Waals surface area contributed by atoms with Crippen LogP contribution in [0.15, 0.2) is 0 Å². The molecule has 2 fully saturated rings. The van der Waals surface area contributed by atoms with Gasteiger partial charge in [-0.3, -0.25) is 15.0 Å². The second-order valence-corrected chi connectivity index (χ2v) is 5.19. The molecule has 0 aromatic carbocycles. The molecular formula is C13H25N3O. The van der Waals surface area contributed by atoms with E-state index in [9.17, 15) is 4.79 Å². The molecule has 0 aromatic rings. The molecule has 0 spiro atoms. The quantitative estimate of drug-likeness (QED) is 0.778. The van der Waals surface area contributed by atoms with Crippen LogP contribution in [0.5, 0.6) is 0 Å². The molecule has 0 bridgehead atoms. The number of rotatable bonds is 5. The number of hydrogen-bond acceptors (Lipinski definition) is 3. The number of carbonyl (C=O) groups is 1. The number of amides is 1. The van der Waals surface area contributed by atoms with Crippen molar-refractivity contribution in [2.45, 2.75) is 51.6 Å². The first-order chi connectivity index (χ1) is 8.26. The Balaban J connectivity index is 1.85. The van der Waals surface area contributed by atoms with Gasteiger partial charge in [-0.25, -0.2) is 0 Å². The van der Waals surface area contributed by atoms with Crippen LogP contribution in [0.25, 0.3) is 0 Å². The van der Waals surface area contributed by atoms with E-state index in [1.54, 1.807) is 0 Å². The average molecular weight is 239 g/mol. The zero-order valence-electron chi connectivity index (χ0n) is 11.1. The lowest BCUT2D eigenvalue weighted by Crippen LogP contribution is -2.42. The Hall–Kier alpha value is -0.610. The second-order valence-electron chi connectivity index (χ2n) is 5.19. The smallest absolute Gasteiger partial charge is 0.240 e. The Labute approximate surface area is 104 Å². The van der Waals surface area contributed by atoms with Crippen LogP contribution >= 0.6 is 0 Å². The third-order valence-electron chi connectivity index (χ3n) is 4.05. The number of likely N-dealkylation sites (tertiary alicyclic amines) is 1. The van der Waals surface area contributed by atoms with Gasteiger partial charge in [-0.15, -0.1) is 0 Å². The molecule has 1 amide bonds. The van der Waals surface area contributed by atoms with Crippen LogP contribution in [0.3, 0.4) is 0 Å². The Morgan fingerprint density at radius 2 is 2.24 bits per heavy atom. The van der Waals surface area contributed by atoms with E-state index in [-0.39, 0.29) is 6.04 Å². The molecule has 98 valence electrons. The topological polar surface area (TPSA) is 35.6 Å². The molecule has 0 aromatic heterocycles. The fourth-order valence-electron chi connectivity index (χ4n) is 3.05. The largest absolute Gasteiger partial charge is 0.327 e. The summed E-state index contributed by atoms with van der Waals surface area (Å²) in [5.74, 6) is 0.315. The molecule has 4 nitrogen and oxygen atoms in total. The zero-order valence-corrected chi connectivity index (χ0v) is 11.1. The summed E-state index contributed by atoms with van der Waals surface area (Å²) in [6, 6.07) is 0.669. The molecule has 0 radical (unpaired) electrons. The minimum absolute atomic E-state index is 0.0801. The Bertz CT molecular complexity index is 269. The lowest BCUT2D eigenvalue weighted by atomic mass is 10.1. The van der Waals surface area contributed by atoms with Crippen LogP contribution in [0.4, 0.5) is 0 Å². The normalized spacial score (nSPS) is 30.5. The first-order valence-corrected chi connectivity index (χ1v) is 7.02. The Kier molecular flexibility index (Phi) is 4.40. The van der Waals surface area contributed by atoms with E-state index in [1.807, 2.05) is 4.90 Å². The van der Waals surface area contributed by atoms with Crippen molar-refractivity contribution in [2.75, 3.05) is 26.3 Å². The van der Waals surface area contributed by atoms with E-state index in [1.165, 1.54) is 19.4 Å². The van der Waals surface area contributed by atoms with E-state index >= 15 is 0 Å². The average Bonchev–Trinajstić information content (AvgIpc) is 2.91. The zero-order chi connectivity index (χ0) is 12.3. The molecule has 2 unspecified atom stereocenters. The molecule has 0 saturated carbocycles. The maximum absolute atomic E-state index is 12.1. The second kappa shape index (κ2) is 5.83. The molecule has 2 heterocycles. The van der Waals surface area contributed by atoms with Crippen LogP contribution in [-0.2, 0) is 4.79 Å². The monoisotopic (exact) mass is 239 g/mol. The van der Waals surface area contributed by atoms with Crippen LogP contribution in [0, 0.1) is 0 Å². The minimum atomic E-state index is 0.0801. The fourth-order valence-corrected chi connectivity index (χ4v) is 3.05. The van der Waals surface area contributed by atoms with Gasteiger partial charge in [0.05, 0.1) is 12.7 Å². The predicted octanol–water partition coefficient (Wildman–Crippen LogP) is 1.03. The summed E-state index contributed by atoms with van der Waals surface area (Å²) >= 11 is 0. The van der Waals surface area contributed by atoms with Crippen LogP contribution in [-0.4, -0.2) is 54.1 Å². The summed E-state index contributed by atoms with van der Waals surface area (Å²) in [4.78, 5) is 16.6.